The molecule has 6 heteroatoms. The van der Waals surface area contributed by atoms with Crippen molar-refractivity contribution in [2.45, 2.75) is 6.42 Å². The van der Waals surface area contributed by atoms with Crippen molar-refractivity contribution in [2.75, 3.05) is 0 Å². The molecule has 0 aromatic rings. The van der Waals surface area contributed by atoms with Crippen LogP contribution in [0.2, 0.25) is 0 Å². The number of carbonyl (C=O) groups is 2. The normalized spacial score (nSPS) is 6.91. The monoisotopic (exact) mass is 174 g/mol. The van der Waals surface area contributed by atoms with Crippen LogP contribution in [0.15, 0.2) is 12.2 Å². The average molecular weight is 174 g/mol. The Labute approximate surface area is 108 Å². The zero-order chi connectivity index (χ0) is 7.44. The standard InChI is InChI=1S/C5H6O4.2Na/c1-3(5(8)9)2-4(6)7;;/h1-2H2,(H,6,7)(H,8,9);;/q;2*+1/p-2. The Balaban J connectivity index is -0.000000320. The maximum Gasteiger partial charge on any atom is 1.00 e. The van der Waals surface area contributed by atoms with Crippen LogP contribution in [0.25, 0.3) is 0 Å². The minimum atomic E-state index is -1.56. The van der Waals surface area contributed by atoms with Crippen molar-refractivity contribution in [3.8, 4) is 0 Å². The van der Waals surface area contributed by atoms with Gasteiger partial charge in [0.1, 0.15) is 0 Å². The Morgan fingerprint density at radius 3 is 1.64 bits per heavy atom. The number of rotatable bonds is 3. The van der Waals surface area contributed by atoms with E-state index in [0.29, 0.717) is 0 Å². The van der Waals surface area contributed by atoms with E-state index < -0.39 is 23.9 Å². The summed E-state index contributed by atoms with van der Waals surface area (Å²) in [4.78, 5) is 19.4. The fraction of sp³-hybridized carbons (Fsp3) is 0.200. The summed E-state index contributed by atoms with van der Waals surface area (Å²) in [5, 5.41) is 19.4. The maximum atomic E-state index is 9.73. The molecule has 50 valence electrons. The van der Waals surface area contributed by atoms with E-state index in [-0.39, 0.29) is 59.1 Å². The molecular formula is C5H4Na2O4. The average Bonchev–Trinajstić information content (AvgIpc) is 1.63. The van der Waals surface area contributed by atoms with Gasteiger partial charge in [0.25, 0.3) is 0 Å². The van der Waals surface area contributed by atoms with Gasteiger partial charge in [-0.25, -0.2) is 0 Å². The number of aliphatic carboxylic acids is 2. The van der Waals surface area contributed by atoms with Gasteiger partial charge in [0.2, 0.25) is 0 Å². The van der Waals surface area contributed by atoms with E-state index in [1.54, 1.807) is 0 Å². The van der Waals surface area contributed by atoms with E-state index in [9.17, 15) is 19.8 Å². The predicted octanol–water partition coefficient (Wildman–Crippen LogP) is -8.56. The first kappa shape index (κ1) is 17.7. The number of carboxylic acid groups (broad SMARTS) is 2. The van der Waals surface area contributed by atoms with Gasteiger partial charge in [0.15, 0.2) is 0 Å². The second-order valence-corrected chi connectivity index (χ2v) is 1.44. The summed E-state index contributed by atoms with van der Waals surface area (Å²) >= 11 is 0. The van der Waals surface area contributed by atoms with Gasteiger partial charge in [0.05, 0.1) is 5.97 Å². The van der Waals surface area contributed by atoms with Crippen molar-refractivity contribution in [1.29, 1.82) is 0 Å². The van der Waals surface area contributed by atoms with Crippen molar-refractivity contribution in [2.24, 2.45) is 0 Å². The zero-order valence-electron chi connectivity index (χ0n) is 6.55. The molecule has 0 spiro atoms. The molecular weight excluding hydrogens is 170 g/mol. The van der Waals surface area contributed by atoms with Crippen LogP contribution in [0.4, 0.5) is 0 Å². The van der Waals surface area contributed by atoms with E-state index >= 15 is 0 Å². The number of carboxylic acids is 2. The van der Waals surface area contributed by atoms with Crippen molar-refractivity contribution in [3.05, 3.63) is 12.2 Å². The van der Waals surface area contributed by atoms with Crippen LogP contribution >= 0.6 is 0 Å². The summed E-state index contributed by atoms with van der Waals surface area (Å²) < 4.78 is 0. The Morgan fingerprint density at radius 2 is 1.55 bits per heavy atom. The number of hydrogen-bond donors (Lipinski definition) is 0. The molecule has 11 heavy (non-hydrogen) atoms. The number of hydrogen-bond acceptors (Lipinski definition) is 4. The smallest absolute Gasteiger partial charge is 0.550 e. The van der Waals surface area contributed by atoms with Crippen LogP contribution in [0.3, 0.4) is 0 Å². The van der Waals surface area contributed by atoms with Crippen LogP contribution in [-0.4, -0.2) is 11.9 Å². The third-order valence-electron chi connectivity index (χ3n) is 0.646. The molecule has 0 fully saturated rings. The number of carbonyl (C=O) groups excluding carboxylic acids is 2. The topological polar surface area (TPSA) is 80.3 Å². The zero-order valence-corrected chi connectivity index (χ0v) is 10.5. The summed E-state index contributed by atoms with van der Waals surface area (Å²) in [6.07, 6.45) is -0.678. The first-order valence-electron chi connectivity index (χ1n) is 2.13. The molecule has 0 atom stereocenters. The van der Waals surface area contributed by atoms with Gasteiger partial charge in [0, 0.05) is 12.4 Å². The Morgan fingerprint density at radius 1 is 1.18 bits per heavy atom. The molecule has 0 heterocycles. The van der Waals surface area contributed by atoms with Gasteiger partial charge < -0.3 is 19.8 Å². The quantitative estimate of drug-likeness (QED) is 0.314. The first-order valence-corrected chi connectivity index (χ1v) is 2.13. The van der Waals surface area contributed by atoms with Crippen LogP contribution in [0.1, 0.15) is 6.42 Å². The van der Waals surface area contributed by atoms with Crippen molar-refractivity contribution < 1.29 is 78.9 Å². The minimum absolute atomic E-state index is 0. The maximum absolute atomic E-state index is 9.73. The first-order chi connectivity index (χ1) is 4.04. The van der Waals surface area contributed by atoms with E-state index in [1.165, 1.54) is 0 Å². The van der Waals surface area contributed by atoms with Crippen molar-refractivity contribution >= 4 is 11.9 Å². The van der Waals surface area contributed by atoms with Gasteiger partial charge in [-0.3, -0.25) is 0 Å². The van der Waals surface area contributed by atoms with E-state index in [0.717, 1.165) is 0 Å². The van der Waals surface area contributed by atoms with Gasteiger partial charge in [-0.1, -0.05) is 6.58 Å². The molecule has 0 N–H and O–H groups in total. The van der Waals surface area contributed by atoms with Crippen molar-refractivity contribution in [3.63, 3.8) is 0 Å². The van der Waals surface area contributed by atoms with Gasteiger partial charge in [-0.15, -0.1) is 0 Å². The Bertz CT molecular complexity index is 166. The molecule has 0 aliphatic heterocycles. The molecule has 0 unspecified atom stereocenters. The molecule has 0 saturated carbocycles. The summed E-state index contributed by atoms with van der Waals surface area (Å²) in [6.45, 7) is 2.91. The summed E-state index contributed by atoms with van der Waals surface area (Å²) in [7, 11) is 0. The second kappa shape index (κ2) is 8.77. The summed E-state index contributed by atoms with van der Waals surface area (Å²) in [5.41, 5.74) is -0.477. The predicted molar refractivity (Wildman–Crippen MR) is 23.8 cm³/mol. The van der Waals surface area contributed by atoms with Crippen molar-refractivity contribution in [1.82, 2.24) is 0 Å². The molecule has 0 aromatic heterocycles. The van der Waals surface area contributed by atoms with Crippen LogP contribution < -0.4 is 69.3 Å². The molecule has 0 amide bonds. The molecule has 0 saturated heterocycles. The fourth-order valence-electron chi connectivity index (χ4n) is 0.246. The molecule has 0 radical (unpaired) electrons. The third-order valence-corrected chi connectivity index (χ3v) is 0.646. The molecule has 0 bridgehead atoms. The van der Waals surface area contributed by atoms with E-state index in [4.69, 9.17) is 0 Å². The second-order valence-electron chi connectivity index (χ2n) is 1.44. The third kappa shape index (κ3) is 10.7. The Hall–Kier alpha value is 0.680. The van der Waals surface area contributed by atoms with Crippen LogP contribution in [0, 0.1) is 0 Å². The van der Waals surface area contributed by atoms with E-state index in [1.807, 2.05) is 0 Å². The molecule has 0 aromatic carbocycles. The van der Waals surface area contributed by atoms with Gasteiger partial charge in [-0.2, -0.15) is 0 Å². The minimum Gasteiger partial charge on any atom is -0.550 e. The van der Waals surface area contributed by atoms with Crippen LogP contribution in [-0.2, 0) is 9.59 Å². The van der Waals surface area contributed by atoms with Crippen LogP contribution in [0.5, 0.6) is 0 Å². The largest absolute Gasteiger partial charge is 1.00 e. The summed E-state index contributed by atoms with van der Waals surface area (Å²) in [6, 6.07) is 0. The van der Waals surface area contributed by atoms with Gasteiger partial charge in [-0.05, 0) is 5.57 Å². The van der Waals surface area contributed by atoms with E-state index in [2.05, 4.69) is 6.58 Å². The molecule has 0 aliphatic carbocycles. The summed E-state index contributed by atoms with van der Waals surface area (Å²) in [5.74, 6) is -3.02. The van der Waals surface area contributed by atoms with Gasteiger partial charge >= 0.3 is 59.1 Å². The molecule has 0 rings (SSSR count). The Kier molecular flexibility index (Phi) is 14.1. The fourth-order valence-corrected chi connectivity index (χ4v) is 0.246. The molecule has 4 nitrogen and oxygen atoms in total. The SMILES string of the molecule is C=C(CC(=O)[O-])C(=O)[O-].[Na+].[Na+]. The molecule has 0 aliphatic rings.